The first-order valence-corrected chi connectivity index (χ1v) is 7.87. The van der Waals surface area contributed by atoms with Gasteiger partial charge >= 0.3 is 5.97 Å². The Morgan fingerprint density at radius 2 is 2.05 bits per heavy atom. The average Bonchev–Trinajstić information content (AvgIpc) is 2.35. The van der Waals surface area contributed by atoms with E-state index < -0.39 is 27.9 Å². The van der Waals surface area contributed by atoms with Crippen molar-refractivity contribution >= 4 is 16.1 Å². The summed E-state index contributed by atoms with van der Waals surface area (Å²) in [6.07, 6.45) is 9.39. The van der Waals surface area contributed by atoms with Crippen LogP contribution in [-0.4, -0.2) is 43.4 Å². The minimum atomic E-state index is -4.22. The molecule has 0 aromatic heterocycles. The molecule has 0 aromatic carbocycles. The topological polar surface area (TPSA) is 92.7 Å². The number of terminal acetylenes is 1. The van der Waals surface area contributed by atoms with E-state index in [0.717, 1.165) is 25.7 Å². The Bertz CT molecular complexity index is 434. The number of hydrogen-bond acceptors (Lipinski definition) is 5. The molecule has 108 valence electrons. The Balaban J connectivity index is 2.48. The molecule has 7 heteroatoms. The zero-order valence-electron chi connectivity index (χ0n) is 10.7. The van der Waals surface area contributed by atoms with Crippen LogP contribution in [0.2, 0.25) is 0 Å². The van der Waals surface area contributed by atoms with Crippen LogP contribution in [0.1, 0.15) is 32.1 Å². The summed E-state index contributed by atoms with van der Waals surface area (Å²) in [5.74, 6) is 0.170. The molecule has 19 heavy (non-hydrogen) atoms. The van der Waals surface area contributed by atoms with Crippen molar-refractivity contribution in [3.05, 3.63) is 0 Å². The maximum absolute atomic E-state index is 11.0. The Hall–Kier alpha value is -1.10. The SMILES string of the molecule is C#CC(=O)OC(CNC1CCCCC1)CS(=O)(=O)O. The third kappa shape index (κ3) is 7.15. The molecule has 0 heterocycles. The molecule has 1 rings (SSSR count). The van der Waals surface area contributed by atoms with E-state index in [4.69, 9.17) is 15.7 Å². The highest BCUT2D eigenvalue weighted by Gasteiger charge is 2.22. The second-order valence-electron chi connectivity index (χ2n) is 4.66. The molecule has 0 amide bonds. The molecule has 1 aliphatic carbocycles. The Kier molecular flexibility index (Phi) is 6.28. The molecule has 0 bridgehead atoms. The van der Waals surface area contributed by atoms with Gasteiger partial charge in [-0.25, -0.2) is 4.79 Å². The monoisotopic (exact) mass is 289 g/mol. The number of carbonyl (C=O) groups is 1. The van der Waals surface area contributed by atoms with Crippen molar-refractivity contribution in [2.75, 3.05) is 12.3 Å². The quantitative estimate of drug-likeness (QED) is 0.317. The lowest BCUT2D eigenvalue weighted by atomic mass is 9.95. The summed E-state index contributed by atoms with van der Waals surface area (Å²) < 4.78 is 35.3. The van der Waals surface area contributed by atoms with Crippen molar-refractivity contribution in [3.8, 4) is 12.3 Å². The minimum absolute atomic E-state index is 0.165. The third-order valence-corrected chi connectivity index (χ3v) is 3.82. The molecule has 1 unspecified atom stereocenters. The fraction of sp³-hybridized carbons (Fsp3) is 0.750. The first-order chi connectivity index (χ1) is 8.90. The highest BCUT2D eigenvalue weighted by Crippen LogP contribution is 2.17. The second-order valence-corrected chi connectivity index (χ2v) is 6.16. The van der Waals surface area contributed by atoms with E-state index in [1.54, 1.807) is 5.92 Å². The van der Waals surface area contributed by atoms with E-state index in [9.17, 15) is 13.2 Å². The number of rotatable bonds is 6. The van der Waals surface area contributed by atoms with Gasteiger partial charge in [0.05, 0.1) is 0 Å². The molecule has 0 aliphatic heterocycles. The predicted molar refractivity (Wildman–Crippen MR) is 70.0 cm³/mol. The van der Waals surface area contributed by atoms with Crippen LogP contribution >= 0.6 is 0 Å². The molecule has 6 nitrogen and oxygen atoms in total. The van der Waals surface area contributed by atoms with Gasteiger partial charge in [0.25, 0.3) is 10.1 Å². The number of nitrogens with one attached hydrogen (secondary N) is 1. The molecule has 2 N–H and O–H groups in total. The van der Waals surface area contributed by atoms with Gasteiger partial charge in [-0.3, -0.25) is 4.55 Å². The summed E-state index contributed by atoms with van der Waals surface area (Å²) in [4.78, 5) is 11.0. The van der Waals surface area contributed by atoms with Crippen LogP contribution < -0.4 is 5.32 Å². The maximum atomic E-state index is 11.0. The van der Waals surface area contributed by atoms with Crippen molar-refractivity contribution in [1.82, 2.24) is 5.32 Å². The summed E-state index contributed by atoms with van der Waals surface area (Å²) in [5, 5.41) is 3.15. The van der Waals surface area contributed by atoms with E-state index >= 15 is 0 Å². The lowest BCUT2D eigenvalue weighted by molar-refractivity contribution is -0.140. The van der Waals surface area contributed by atoms with E-state index in [-0.39, 0.29) is 6.54 Å². The summed E-state index contributed by atoms with van der Waals surface area (Å²) in [6.45, 7) is 0.165. The van der Waals surface area contributed by atoms with Crippen LogP contribution in [0.4, 0.5) is 0 Å². The van der Waals surface area contributed by atoms with Gasteiger partial charge in [-0.05, 0) is 12.8 Å². The van der Waals surface area contributed by atoms with Crippen molar-refractivity contribution in [2.24, 2.45) is 0 Å². The minimum Gasteiger partial charge on any atom is -0.450 e. The summed E-state index contributed by atoms with van der Waals surface area (Å²) >= 11 is 0. The zero-order chi connectivity index (χ0) is 14.3. The predicted octanol–water partition coefficient (Wildman–Crippen LogP) is 0.342. The Morgan fingerprint density at radius 3 is 2.58 bits per heavy atom. The van der Waals surface area contributed by atoms with Crippen LogP contribution in [0.25, 0.3) is 0 Å². The number of hydrogen-bond donors (Lipinski definition) is 2. The number of carbonyl (C=O) groups excluding carboxylic acids is 1. The van der Waals surface area contributed by atoms with Gasteiger partial charge in [0.15, 0.2) is 0 Å². The lowest BCUT2D eigenvalue weighted by Crippen LogP contribution is -2.41. The van der Waals surface area contributed by atoms with Crippen LogP contribution in [0, 0.1) is 12.3 Å². The third-order valence-electron chi connectivity index (χ3n) is 3.03. The van der Waals surface area contributed by atoms with Crippen LogP contribution in [-0.2, 0) is 19.6 Å². The largest absolute Gasteiger partial charge is 0.450 e. The van der Waals surface area contributed by atoms with Crippen LogP contribution in [0.3, 0.4) is 0 Å². The van der Waals surface area contributed by atoms with Crippen LogP contribution in [0.15, 0.2) is 0 Å². The van der Waals surface area contributed by atoms with Crippen LogP contribution in [0.5, 0.6) is 0 Å². The Morgan fingerprint density at radius 1 is 1.42 bits per heavy atom. The van der Waals surface area contributed by atoms with Crippen molar-refractivity contribution in [3.63, 3.8) is 0 Å². The molecular weight excluding hydrogens is 270 g/mol. The molecule has 0 spiro atoms. The smallest absolute Gasteiger partial charge is 0.384 e. The zero-order valence-corrected chi connectivity index (χ0v) is 11.5. The molecule has 1 saturated carbocycles. The Labute approximate surface area is 113 Å². The van der Waals surface area contributed by atoms with E-state index in [2.05, 4.69) is 5.32 Å². The molecule has 1 aliphatic rings. The van der Waals surface area contributed by atoms with Crippen molar-refractivity contribution < 1.29 is 22.5 Å². The second kappa shape index (κ2) is 7.48. The number of esters is 1. The van der Waals surface area contributed by atoms with Gasteiger partial charge in [0, 0.05) is 18.5 Å². The van der Waals surface area contributed by atoms with Gasteiger partial charge in [-0.2, -0.15) is 8.42 Å². The first kappa shape index (κ1) is 16.0. The molecule has 1 atom stereocenters. The molecule has 0 radical (unpaired) electrons. The number of ether oxygens (including phenoxy) is 1. The molecule has 1 fully saturated rings. The summed E-state index contributed by atoms with van der Waals surface area (Å²) in [7, 11) is -4.22. The molecular formula is C12H19NO5S. The van der Waals surface area contributed by atoms with Crippen molar-refractivity contribution in [2.45, 2.75) is 44.2 Å². The molecule has 0 aromatic rings. The van der Waals surface area contributed by atoms with Crippen molar-refractivity contribution in [1.29, 1.82) is 0 Å². The normalized spacial score (nSPS) is 18.5. The van der Waals surface area contributed by atoms with Gasteiger partial charge in [0.2, 0.25) is 0 Å². The van der Waals surface area contributed by atoms with E-state index in [0.29, 0.717) is 6.04 Å². The first-order valence-electron chi connectivity index (χ1n) is 6.26. The van der Waals surface area contributed by atoms with Gasteiger partial charge in [-0.1, -0.05) is 19.3 Å². The highest BCUT2D eigenvalue weighted by atomic mass is 32.2. The van der Waals surface area contributed by atoms with Gasteiger partial charge in [0.1, 0.15) is 11.9 Å². The standard InChI is InChI=1S/C12H19NO5S/c1-2-12(14)18-11(9-19(15,16)17)8-13-10-6-4-3-5-7-10/h1,10-11,13H,3-9H2,(H,15,16,17). The maximum Gasteiger partial charge on any atom is 0.384 e. The lowest BCUT2D eigenvalue weighted by Gasteiger charge is -2.25. The molecule has 0 saturated heterocycles. The fourth-order valence-electron chi connectivity index (χ4n) is 2.16. The van der Waals surface area contributed by atoms with E-state index in [1.165, 1.54) is 6.42 Å². The van der Waals surface area contributed by atoms with Gasteiger partial charge in [-0.15, -0.1) is 6.42 Å². The highest BCUT2D eigenvalue weighted by molar-refractivity contribution is 7.85. The summed E-state index contributed by atoms with van der Waals surface area (Å²) in [5.41, 5.74) is 0. The van der Waals surface area contributed by atoms with E-state index in [1.807, 2.05) is 0 Å². The van der Waals surface area contributed by atoms with Gasteiger partial charge < -0.3 is 10.1 Å². The fourth-order valence-corrected chi connectivity index (χ4v) is 2.82. The summed E-state index contributed by atoms with van der Waals surface area (Å²) in [6, 6.07) is 0.294. The average molecular weight is 289 g/mol.